The SMILES string of the molecule is CCCn1cc([N+](=O)[O-])c(OC)c1C(=O)O. The molecular weight excluding hydrogens is 216 g/mol. The van der Waals surface area contributed by atoms with Crippen LogP contribution in [0.4, 0.5) is 5.69 Å². The number of aryl methyl sites for hydroxylation is 1. The highest BCUT2D eigenvalue weighted by Gasteiger charge is 2.28. The second kappa shape index (κ2) is 4.65. The summed E-state index contributed by atoms with van der Waals surface area (Å²) in [5.41, 5.74) is -0.510. The molecule has 0 saturated heterocycles. The molecule has 88 valence electrons. The highest BCUT2D eigenvalue weighted by atomic mass is 16.6. The van der Waals surface area contributed by atoms with Gasteiger partial charge in [-0.05, 0) is 6.42 Å². The van der Waals surface area contributed by atoms with E-state index in [0.29, 0.717) is 13.0 Å². The Bertz CT molecular complexity index is 424. The van der Waals surface area contributed by atoms with Crippen LogP contribution in [0.2, 0.25) is 0 Å². The number of rotatable bonds is 5. The Morgan fingerprint density at radius 1 is 1.69 bits per heavy atom. The van der Waals surface area contributed by atoms with Crippen LogP contribution in [-0.4, -0.2) is 27.7 Å². The minimum Gasteiger partial charge on any atom is -0.488 e. The third-order valence-electron chi connectivity index (χ3n) is 2.08. The molecule has 0 aliphatic rings. The predicted octanol–water partition coefficient (Wildman–Crippen LogP) is 1.51. The summed E-state index contributed by atoms with van der Waals surface area (Å²) in [4.78, 5) is 21.0. The standard InChI is InChI=1S/C9H12N2O5/c1-3-4-10-5-6(11(14)15)8(16-2)7(10)9(12)13/h5H,3-4H2,1-2H3,(H,12,13). The van der Waals surface area contributed by atoms with Gasteiger partial charge in [-0.15, -0.1) is 0 Å². The Hall–Kier alpha value is -2.05. The van der Waals surface area contributed by atoms with Crippen LogP contribution in [0.1, 0.15) is 23.8 Å². The summed E-state index contributed by atoms with van der Waals surface area (Å²) >= 11 is 0. The van der Waals surface area contributed by atoms with Gasteiger partial charge in [-0.25, -0.2) is 4.79 Å². The number of aromatic nitrogens is 1. The van der Waals surface area contributed by atoms with Crippen LogP contribution in [0.3, 0.4) is 0 Å². The van der Waals surface area contributed by atoms with Crippen molar-refractivity contribution in [2.45, 2.75) is 19.9 Å². The lowest BCUT2D eigenvalue weighted by atomic mass is 10.3. The van der Waals surface area contributed by atoms with Crippen LogP contribution in [0, 0.1) is 10.1 Å². The van der Waals surface area contributed by atoms with Gasteiger partial charge >= 0.3 is 11.7 Å². The first kappa shape index (κ1) is 12.0. The van der Waals surface area contributed by atoms with Gasteiger partial charge in [-0.2, -0.15) is 0 Å². The van der Waals surface area contributed by atoms with Crippen LogP contribution >= 0.6 is 0 Å². The molecule has 0 aliphatic heterocycles. The Kier molecular flexibility index (Phi) is 3.49. The summed E-state index contributed by atoms with van der Waals surface area (Å²) in [6.45, 7) is 2.25. The van der Waals surface area contributed by atoms with Crippen molar-refractivity contribution in [1.29, 1.82) is 0 Å². The number of methoxy groups -OCH3 is 1. The van der Waals surface area contributed by atoms with Gasteiger partial charge in [0.05, 0.1) is 18.2 Å². The number of aromatic carboxylic acids is 1. The molecule has 0 atom stereocenters. The molecule has 0 amide bonds. The molecular formula is C9H12N2O5. The van der Waals surface area contributed by atoms with Gasteiger partial charge in [0, 0.05) is 6.54 Å². The second-order valence-corrected chi connectivity index (χ2v) is 3.15. The first-order valence-corrected chi connectivity index (χ1v) is 4.67. The van der Waals surface area contributed by atoms with Crippen LogP contribution in [0.15, 0.2) is 6.20 Å². The first-order valence-electron chi connectivity index (χ1n) is 4.67. The van der Waals surface area contributed by atoms with E-state index < -0.39 is 10.9 Å². The van der Waals surface area contributed by atoms with Crippen molar-refractivity contribution in [2.75, 3.05) is 7.11 Å². The molecule has 1 aromatic heterocycles. The van der Waals surface area contributed by atoms with E-state index in [2.05, 4.69) is 0 Å². The van der Waals surface area contributed by atoms with E-state index in [1.54, 1.807) is 0 Å². The summed E-state index contributed by atoms with van der Waals surface area (Å²) in [7, 11) is 1.21. The Morgan fingerprint density at radius 2 is 2.31 bits per heavy atom. The summed E-state index contributed by atoms with van der Waals surface area (Å²) in [6, 6.07) is 0. The number of nitrogens with zero attached hydrogens (tertiary/aromatic N) is 2. The van der Waals surface area contributed by atoms with E-state index in [4.69, 9.17) is 9.84 Å². The minimum absolute atomic E-state index is 0.184. The fourth-order valence-corrected chi connectivity index (χ4v) is 1.49. The van der Waals surface area contributed by atoms with Gasteiger partial charge in [-0.3, -0.25) is 10.1 Å². The van der Waals surface area contributed by atoms with Gasteiger partial charge in [0.25, 0.3) is 0 Å². The van der Waals surface area contributed by atoms with Crippen molar-refractivity contribution in [3.8, 4) is 5.75 Å². The Morgan fingerprint density at radius 3 is 2.69 bits per heavy atom. The van der Waals surface area contributed by atoms with Crippen molar-refractivity contribution < 1.29 is 19.6 Å². The zero-order valence-electron chi connectivity index (χ0n) is 8.97. The molecule has 1 N–H and O–H groups in total. The summed E-state index contributed by atoms with van der Waals surface area (Å²) < 4.78 is 6.10. The molecule has 0 aromatic carbocycles. The molecule has 0 aliphatic carbocycles. The maximum atomic E-state index is 11.0. The first-order chi connectivity index (χ1) is 7.52. The van der Waals surface area contributed by atoms with Crippen molar-refractivity contribution >= 4 is 11.7 Å². The zero-order valence-corrected chi connectivity index (χ0v) is 8.97. The summed E-state index contributed by atoms with van der Waals surface area (Å²) in [6.07, 6.45) is 1.86. The lowest BCUT2D eigenvalue weighted by Crippen LogP contribution is -2.08. The van der Waals surface area contributed by atoms with E-state index in [1.165, 1.54) is 17.9 Å². The van der Waals surface area contributed by atoms with Crippen LogP contribution in [0.25, 0.3) is 0 Å². The number of nitro groups is 1. The molecule has 0 saturated carbocycles. The maximum Gasteiger partial charge on any atom is 0.356 e. The molecule has 7 nitrogen and oxygen atoms in total. The second-order valence-electron chi connectivity index (χ2n) is 3.15. The Labute approximate surface area is 91.4 Å². The third kappa shape index (κ3) is 1.97. The normalized spacial score (nSPS) is 10.1. The number of carbonyl (C=O) groups is 1. The predicted molar refractivity (Wildman–Crippen MR) is 54.9 cm³/mol. The molecule has 1 rings (SSSR count). The molecule has 0 radical (unpaired) electrons. The van der Waals surface area contributed by atoms with Crippen molar-refractivity contribution in [1.82, 2.24) is 4.57 Å². The van der Waals surface area contributed by atoms with Gasteiger partial charge in [0.2, 0.25) is 5.75 Å². The summed E-state index contributed by atoms with van der Waals surface area (Å²) in [5.74, 6) is -1.44. The summed E-state index contributed by atoms with van der Waals surface area (Å²) in [5, 5.41) is 19.7. The molecule has 0 fully saturated rings. The van der Waals surface area contributed by atoms with Gasteiger partial charge in [0.1, 0.15) is 0 Å². The molecule has 0 spiro atoms. The van der Waals surface area contributed by atoms with Gasteiger partial charge in [-0.1, -0.05) is 6.92 Å². The fourth-order valence-electron chi connectivity index (χ4n) is 1.49. The fraction of sp³-hybridized carbons (Fsp3) is 0.444. The van der Waals surface area contributed by atoms with Crippen LogP contribution in [0.5, 0.6) is 5.75 Å². The highest BCUT2D eigenvalue weighted by molar-refractivity contribution is 5.91. The molecule has 16 heavy (non-hydrogen) atoms. The number of carboxylic acid groups (broad SMARTS) is 1. The molecule has 7 heteroatoms. The number of hydrogen-bond acceptors (Lipinski definition) is 4. The average molecular weight is 228 g/mol. The van der Waals surface area contributed by atoms with Crippen molar-refractivity contribution in [3.05, 3.63) is 22.0 Å². The lowest BCUT2D eigenvalue weighted by Gasteiger charge is -2.03. The van der Waals surface area contributed by atoms with E-state index in [9.17, 15) is 14.9 Å². The van der Waals surface area contributed by atoms with E-state index in [-0.39, 0.29) is 17.1 Å². The lowest BCUT2D eigenvalue weighted by molar-refractivity contribution is -0.385. The van der Waals surface area contributed by atoms with Crippen molar-refractivity contribution in [3.63, 3.8) is 0 Å². The van der Waals surface area contributed by atoms with E-state index in [0.717, 1.165) is 0 Å². The number of ether oxygens (including phenoxy) is 1. The molecule has 1 heterocycles. The number of hydrogen-bond donors (Lipinski definition) is 1. The molecule has 0 bridgehead atoms. The quantitative estimate of drug-likeness (QED) is 0.608. The maximum absolute atomic E-state index is 11.0. The van der Waals surface area contributed by atoms with Gasteiger partial charge < -0.3 is 14.4 Å². The zero-order chi connectivity index (χ0) is 12.3. The van der Waals surface area contributed by atoms with E-state index >= 15 is 0 Å². The highest BCUT2D eigenvalue weighted by Crippen LogP contribution is 2.33. The van der Waals surface area contributed by atoms with E-state index in [1.807, 2.05) is 6.92 Å². The topological polar surface area (TPSA) is 94.6 Å². The number of carboxylic acids is 1. The van der Waals surface area contributed by atoms with Crippen LogP contribution < -0.4 is 4.74 Å². The third-order valence-corrected chi connectivity index (χ3v) is 2.08. The average Bonchev–Trinajstić information content (AvgIpc) is 2.57. The Balaban J connectivity index is 3.39. The van der Waals surface area contributed by atoms with Gasteiger partial charge in [0.15, 0.2) is 5.69 Å². The molecule has 0 unspecified atom stereocenters. The van der Waals surface area contributed by atoms with Crippen molar-refractivity contribution in [2.24, 2.45) is 0 Å². The van der Waals surface area contributed by atoms with Crippen LogP contribution in [-0.2, 0) is 6.54 Å². The monoisotopic (exact) mass is 228 g/mol. The minimum atomic E-state index is -1.24. The smallest absolute Gasteiger partial charge is 0.356 e. The largest absolute Gasteiger partial charge is 0.488 e. The molecule has 1 aromatic rings.